The molecule has 0 bridgehead atoms. The molecule has 5 nitrogen and oxygen atoms in total. The highest BCUT2D eigenvalue weighted by Gasteiger charge is 2.23. The van der Waals surface area contributed by atoms with Crippen LogP contribution in [-0.2, 0) is 15.4 Å². The maximum Gasteiger partial charge on any atom is 0.335 e. The maximum absolute atomic E-state index is 12.1. The van der Waals surface area contributed by atoms with Gasteiger partial charge in [0.1, 0.15) is 0 Å². The van der Waals surface area contributed by atoms with Crippen molar-refractivity contribution in [2.24, 2.45) is 0 Å². The van der Waals surface area contributed by atoms with Crippen molar-refractivity contribution >= 4 is 16.0 Å². The highest BCUT2D eigenvalue weighted by molar-refractivity contribution is 7.89. The Morgan fingerprint density at radius 1 is 1.16 bits per heavy atom. The van der Waals surface area contributed by atoms with E-state index in [0.29, 0.717) is 5.56 Å². The Morgan fingerprint density at radius 2 is 1.68 bits per heavy atom. The smallest absolute Gasteiger partial charge is 0.335 e. The van der Waals surface area contributed by atoms with Crippen LogP contribution in [0.5, 0.6) is 0 Å². The van der Waals surface area contributed by atoms with E-state index < -0.39 is 16.0 Å². The molecule has 0 saturated heterocycles. The first kappa shape index (κ1) is 15.7. The van der Waals surface area contributed by atoms with E-state index in [1.54, 1.807) is 0 Å². The normalized spacial score (nSPS) is 12.7. The third-order valence-electron chi connectivity index (χ3n) is 2.80. The molecule has 0 radical (unpaired) electrons. The molecule has 6 heteroatoms. The highest BCUT2D eigenvalue weighted by Crippen LogP contribution is 2.27. The molecule has 0 aliphatic heterocycles. The fourth-order valence-electron chi connectivity index (χ4n) is 1.52. The molecular weight excluding hydrogens is 266 g/mol. The van der Waals surface area contributed by atoms with Gasteiger partial charge in [0.05, 0.1) is 10.5 Å². The second kappa shape index (κ2) is 4.94. The van der Waals surface area contributed by atoms with Gasteiger partial charge in [-0.05, 0) is 29.2 Å². The Kier molecular flexibility index (Phi) is 4.07. The molecule has 1 aromatic rings. The van der Waals surface area contributed by atoms with Crippen LogP contribution < -0.4 is 0 Å². The lowest BCUT2D eigenvalue weighted by Crippen LogP contribution is -2.23. The molecule has 0 aromatic heterocycles. The van der Waals surface area contributed by atoms with E-state index in [9.17, 15) is 13.2 Å². The third kappa shape index (κ3) is 3.33. The largest absolute Gasteiger partial charge is 0.478 e. The summed E-state index contributed by atoms with van der Waals surface area (Å²) in [6.45, 7) is 5.71. The fourth-order valence-corrected chi connectivity index (χ4v) is 2.49. The van der Waals surface area contributed by atoms with Gasteiger partial charge in [0, 0.05) is 14.1 Å². The van der Waals surface area contributed by atoms with Gasteiger partial charge in [0.25, 0.3) is 0 Å². The molecule has 1 rings (SSSR count). The number of benzene rings is 1. The maximum atomic E-state index is 12.1. The minimum Gasteiger partial charge on any atom is -0.478 e. The molecule has 1 N–H and O–H groups in total. The standard InChI is InChI=1S/C13H19NO4S/c1-13(2,3)10-6-9(12(15)16)7-11(8-10)19(17,18)14(4)5/h6-8H,1-5H3,(H,15,16). The Balaban J connectivity index is 3.59. The van der Waals surface area contributed by atoms with Crippen LogP contribution in [0.15, 0.2) is 23.1 Å². The van der Waals surface area contributed by atoms with Gasteiger partial charge < -0.3 is 5.11 Å². The van der Waals surface area contributed by atoms with E-state index in [-0.39, 0.29) is 15.9 Å². The molecular formula is C13H19NO4S. The van der Waals surface area contributed by atoms with Gasteiger partial charge >= 0.3 is 5.97 Å². The SMILES string of the molecule is CN(C)S(=O)(=O)c1cc(C(=O)O)cc(C(C)(C)C)c1. The summed E-state index contributed by atoms with van der Waals surface area (Å²) in [6, 6.07) is 4.23. The van der Waals surface area contributed by atoms with Crippen LogP contribution >= 0.6 is 0 Å². The van der Waals surface area contributed by atoms with Gasteiger partial charge in [0.2, 0.25) is 10.0 Å². The second-order valence-corrected chi connectivity index (χ2v) is 7.74. The molecule has 0 spiro atoms. The van der Waals surface area contributed by atoms with Crippen molar-refractivity contribution in [2.45, 2.75) is 31.1 Å². The van der Waals surface area contributed by atoms with E-state index in [0.717, 1.165) is 4.31 Å². The lowest BCUT2D eigenvalue weighted by Gasteiger charge is -2.21. The van der Waals surface area contributed by atoms with E-state index in [2.05, 4.69) is 0 Å². The molecule has 0 heterocycles. The van der Waals surface area contributed by atoms with E-state index >= 15 is 0 Å². The number of carboxylic acids is 1. The molecule has 0 saturated carbocycles. The van der Waals surface area contributed by atoms with Crippen molar-refractivity contribution in [3.05, 3.63) is 29.3 Å². The summed E-state index contributed by atoms with van der Waals surface area (Å²) in [5.41, 5.74) is 0.322. The number of sulfonamides is 1. The zero-order valence-electron chi connectivity index (χ0n) is 11.8. The molecule has 0 amide bonds. The van der Waals surface area contributed by atoms with Gasteiger partial charge in [-0.2, -0.15) is 0 Å². The lowest BCUT2D eigenvalue weighted by atomic mass is 9.86. The highest BCUT2D eigenvalue weighted by atomic mass is 32.2. The quantitative estimate of drug-likeness (QED) is 0.921. The van der Waals surface area contributed by atoms with Crippen LogP contribution in [0.25, 0.3) is 0 Å². The van der Waals surface area contributed by atoms with Gasteiger partial charge in [-0.3, -0.25) is 0 Å². The van der Waals surface area contributed by atoms with Crippen LogP contribution in [0.1, 0.15) is 36.7 Å². The number of hydrogen-bond donors (Lipinski definition) is 1. The van der Waals surface area contributed by atoms with Crippen LogP contribution in [0.3, 0.4) is 0 Å². The number of aromatic carboxylic acids is 1. The van der Waals surface area contributed by atoms with Crippen molar-refractivity contribution in [1.29, 1.82) is 0 Å². The summed E-state index contributed by atoms with van der Waals surface area (Å²) in [5, 5.41) is 9.10. The topological polar surface area (TPSA) is 74.7 Å². The zero-order valence-corrected chi connectivity index (χ0v) is 12.6. The Hall–Kier alpha value is -1.40. The van der Waals surface area contributed by atoms with E-state index in [4.69, 9.17) is 5.11 Å². The molecule has 0 unspecified atom stereocenters. The first-order chi connectivity index (χ1) is 8.46. The minimum atomic E-state index is -3.65. The summed E-state index contributed by atoms with van der Waals surface area (Å²) >= 11 is 0. The zero-order chi connectivity index (χ0) is 15.0. The van der Waals surface area contributed by atoms with Crippen molar-refractivity contribution in [3.63, 3.8) is 0 Å². The predicted octanol–water partition coefficient (Wildman–Crippen LogP) is 1.93. The molecule has 1 aromatic carbocycles. The van der Waals surface area contributed by atoms with Crippen LogP contribution in [0.4, 0.5) is 0 Å². The van der Waals surface area contributed by atoms with E-state index in [1.165, 1.54) is 32.3 Å². The van der Waals surface area contributed by atoms with Gasteiger partial charge in [-0.1, -0.05) is 20.8 Å². The Morgan fingerprint density at radius 3 is 2.05 bits per heavy atom. The predicted molar refractivity (Wildman–Crippen MR) is 73.0 cm³/mol. The third-order valence-corrected chi connectivity index (χ3v) is 4.59. The van der Waals surface area contributed by atoms with Gasteiger partial charge in [-0.25, -0.2) is 17.5 Å². The number of carboxylic acid groups (broad SMARTS) is 1. The first-order valence-electron chi connectivity index (χ1n) is 5.77. The number of hydrogen-bond acceptors (Lipinski definition) is 3. The average Bonchev–Trinajstić information content (AvgIpc) is 2.26. The Bertz CT molecular complexity index is 598. The molecule has 19 heavy (non-hydrogen) atoms. The van der Waals surface area contributed by atoms with Crippen molar-refractivity contribution < 1.29 is 18.3 Å². The van der Waals surface area contributed by atoms with Crippen LogP contribution in [-0.4, -0.2) is 37.9 Å². The minimum absolute atomic E-state index is 0.00215. The molecule has 106 valence electrons. The van der Waals surface area contributed by atoms with Gasteiger partial charge in [0.15, 0.2) is 0 Å². The first-order valence-corrected chi connectivity index (χ1v) is 7.21. The fraction of sp³-hybridized carbons (Fsp3) is 0.462. The monoisotopic (exact) mass is 285 g/mol. The Labute approximate surface area is 113 Å². The van der Waals surface area contributed by atoms with Crippen molar-refractivity contribution in [1.82, 2.24) is 4.31 Å². The number of rotatable bonds is 3. The summed E-state index contributed by atoms with van der Waals surface area (Å²) in [4.78, 5) is 11.1. The summed E-state index contributed by atoms with van der Waals surface area (Å²) in [5.74, 6) is -1.14. The molecule has 0 fully saturated rings. The average molecular weight is 285 g/mol. The molecule has 0 aliphatic rings. The lowest BCUT2D eigenvalue weighted by molar-refractivity contribution is 0.0696. The van der Waals surface area contributed by atoms with E-state index in [1.807, 2.05) is 20.8 Å². The van der Waals surface area contributed by atoms with Gasteiger partial charge in [-0.15, -0.1) is 0 Å². The second-order valence-electron chi connectivity index (χ2n) is 5.59. The number of nitrogens with zero attached hydrogens (tertiary/aromatic N) is 1. The summed E-state index contributed by atoms with van der Waals surface area (Å²) in [7, 11) is -0.813. The van der Waals surface area contributed by atoms with Crippen LogP contribution in [0, 0.1) is 0 Å². The summed E-state index contributed by atoms with van der Waals surface area (Å²) in [6.07, 6.45) is 0. The molecule has 0 aliphatic carbocycles. The molecule has 0 atom stereocenters. The summed E-state index contributed by atoms with van der Waals surface area (Å²) < 4.78 is 25.3. The van der Waals surface area contributed by atoms with Crippen molar-refractivity contribution in [2.75, 3.05) is 14.1 Å². The van der Waals surface area contributed by atoms with Crippen LogP contribution in [0.2, 0.25) is 0 Å². The number of carbonyl (C=O) groups is 1. The van der Waals surface area contributed by atoms with Crippen molar-refractivity contribution in [3.8, 4) is 0 Å².